The Kier molecular flexibility index (Phi) is 8.43. The van der Waals surface area contributed by atoms with Gasteiger partial charge in [0.1, 0.15) is 23.3 Å². The molecule has 0 spiro atoms. The summed E-state index contributed by atoms with van der Waals surface area (Å²) in [5.41, 5.74) is -1.16. The van der Waals surface area contributed by atoms with Crippen molar-refractivity contribution < 1.29 is 13.5 Å². The van der Waals surface area contributed by atoms with Crippen LogP contribution < -0.4 is 4.74 Å². The van der Waals surface area contributed by atoms with Crippen LogP contribution >= 0.6 is 11.8 Å². The molecule has 0 aliphatic heterocycles. The zero-order chi connectivity index (χ0) is 17.2. The molecule has 23 heavy (non-hydrogen) atoms. The molecule has 1 aromatic rings. The molecule has 0 heterocycles. The van der Waals surface area contributed by atoms with Gasteiger partial charge in [-0.25, -0.2) is 8.78 Å². The monoisotopic (exact) mass is 338 g/mol. The van der Waals surface area contributed by atoms with Crippen LogP contribution in [0, 0.1) is 34.3 Å². The van der Waals surface area contributed by atoms with Gasteiger partial charge in [0.05, 0.1) is 12.0 Å². The maximum absolute atomic E-state index is 14.4. The van der Waals surface area contributed by atoms with Gasteiger partial charge in [-0.15, -0.1) is 11.8 Å². The van der Waals surface area contributed by atoms with Crippen LogP contribution in [0.1, 0.15) is 56.6 Å². The first-order chi connectivity index (χ1) is 11.1. The number of benzene rings is 1. The first kappa shape index (κ1) is 19.3. The molecule has 0 fully saturated rings. The highest BCUT2D eigenvalue weighted by Crippen LogP contribution is 2.38. The number of methoxy groups -OCH3 is 1. The Balaban J connectivity index is 2.85. The summed E-state index contributed by atoms with van der Waals surface area (Å²) in [6, 6.07) is 3.09. The van der Waals surface area contributed by atoms with Crippen molar-refractivity contribution in [3.8, 4) is 17.9 Å². The molecule has 124 valence electrons. The lowest BCUT2D eigenvalue weighted by atomic mass is 10.1. The summed E-state index contributed by atoms with van der Waals surface area (Å²) in [6.07, 6.45) is 6.60. The minimum absolute atomic E-state index is 0.0332. The van der Waals surface area contributed by atoms with Gasteiger partial charge in [0, 0.05) is 0 Å². The molecule has 0 aromatic heterocycles. The normalized spacial score (nSPS) is 10.2. The van der Waals surface area contributed by atoms with E-state index in [2.05, 4.69) is 6.92 Å². The van der Waals surface area contributed by atoms with Gasteiger partial charge in [0.2, 0.25) is 0 Å². The summed E-state index contributed by atoms with van der Waals surface area (Å²) in [7, 11) is 1.22. The number of halogens is 2. The highest BCUT2D eigenvalue weighted by molar-refractivity contribution is 7.99. The van der Waals surface area contributed by atoms with Crippen LogP contribution in [-0.4, -0.2) is 12.9 Å². The van der Waals surface area contributed by atoms with Crippen molar-refractivity contribution in [2.45, 2.75) is 50.3 Å². The number of nitriles is 2. The number of hydrogen-bond donors (Lipinski definition) is 0. The van der Waals surface area contributed by atoms with Gasteiger partial charge in [-0.1, -0.05) is 39.0 Å². The number of rotatable bonds is 9. The van der Waals surface area contributed by atoms with E-state index in [1.54, 1.807) is 6.07 Å². The van der Waals surface area contributed by atoms with Crippen molar-refractivity contribution in [1.29, 1.82) is 10.5 Å². The van der Waals surface area contributed by atoms with E-state index in [1.165, 1.54) is 32.4 Å². The molecule has 0 amide bonds. The second-order valence-corrected chi connectivity index (χ2v) is 6.19. The van der Waals surface area contributed by atoms with Gasteiger partial charge in [-0.2, -0.15) is 10.5 Å². The minimum atomic E-state index is -0.974. The molecule has 0 saturated heterocycles. The van der Waals surface area contributed by atoms with Crippen LogP contribution in [0.25, 0.3) is 0 Å². The maximum atomic E-state index is 14.4. The number of hydrogen-bond acceptors (Lipinski definition) is 4. The lowest BCUT2D eigenvalue weighted by Crippen LogP contribution is -2.03. The lowest BCUT2D eigenvalue weighted by molar-refractivity contribution is 0.368. The Bertz CT molecular complexity index is 617. The Hall–Kier alpha value is -1.79. The molecule has 0 saturated carbocycles. The second kappa shape index (κ2) is 10.1. The summed E-state index contributed by atoms with van der Waals surface area (Å²) in [5.74, 6) is -1.54. The standard InChI is InChI=1S/C17H20F2N2OS/c1-3-4-5-6-7-8-9-23-17-15(19)13(11-21)12(10-20)14(18)16(17)22-2/h3-9H2,1-2H3. The Morgan fingerprint density at radius 2 is 1.52 bits per heavy atom. The van der Waals surface area contributed by atoms with Crippen molar-refractivity contribution in [1.82, 2.24) is 0 Å². The predicted octanol–water partition coefficient (Wildman–Crippen LogP) is 5.17. The quantitative estimate of drug-likeness (QED) is 0.460. The fourth-order valence-corrected chi connectivity index (χ4v) is 3.31. The third-order valence-corrected chi connectivity index (χ3v) is 4.61. The number of thioether (sulfide) groups is 1. The lowest BCUT2D eigenvalue weighted by Gasteiger charge is -2.12. The molecule has 0 aliphatic carbocycles. The molecule has 0 N–H and O–H groups in total. The van der Waals surface area contributed by atoms with E-state index in [1.807, 2.05) is 0 Å². The molecular formula is C17H20F2N2OS. The van der Waals surface area contributed by atoms with Crippen LogP contribution in [0.4, 0.5) is 8.78 Å². The summed E-state index contributed by atoms with van der Waals surface area (Å²) in [4.78, 5) is -0.0332. The van der Waals surface area contributed by atoms with E-state index in [0.29, 0.717) is 5.75 Å². The highest BCUT2D eigenvalue weighted by atomic mass is 32.2. The van der Waals surface area contributed by atoms with E-state index in [9.17, 15) is 8.78 Å². The van der Waals surface area contributed by atoms with E-state index >= 15 is 0 Å². The number of unbranched alkanes of at least 4 members (excludes halogenated alkanes) is 5. The first-order valence-corrected chi connectivity index (χ1v) is 8.62. The summed E-state index contributed by atoms with van der Waals surface area (Å²) in [5, 5.41) is 17.9. The van der Waals surface area contributed by atoms with E-state index in [0.717, 1.165) is 31.0 Å². The average molecular weight is 338 g/mol. The molecule has 0 aliphatic rings. The zero-order valence-electron chi connectivity index (χ0n) is 13.4. The van der Waals surface area contributed by atoms with E-state index < -0.39 is 22.8 Å². The maximum Gasteiger partial charge on any atom is 0.185 e. The molecule has 0 unspecified atom stereocenters. The van der Waals surface area contributed by atoms with Gasteiger partial charge in [0.15, 0.2) is 17.4 Å². The van der Waals surface area contributed by atoms with Crippen LogP contribution in [0.5, 0.6) is 5.75 Å². The summed E-state index contributed by atoms with van der Waals surface area (Å²) in [6.45, 7) is 2.15. The molecule has 6 heteroatoms. The first-order valence-electron chi connectivity index (χ1n) is 7.64. The number of ether oxygens (including phenoxy) is 1. The van der Waals surface area contributed by atoms with Crippen molar-refractivity contribution >= 4 is 11.8 Å². The third kappa shape index (κ3) is 4.84. The fraction of sp³-hybridized carbons (Fsp3) is 0.529. The van der Waals surface area contributed by atoms with Crippen molar-refractivity contribution in [3.63, 3.8) is 0 Å². The molecule has 3 nitrogen and oxygen atoms in total. The topological polar surface area (TPSA) is 56.8 Å². The summed E-state index contributed by atoms with van der Waals surface area (Å²) < 4.78 is 33.5. The largest absolute Gasteiger partial charge is 0.492 e. The van der Waals surface area contributed by atoms with Gasteiger partial charge >= 0.3 is 0 Å². The second-order valence-electron chi connectivity index (χ2n) is 5.08. The SMILES string of the molecule is CCCCCCCCSc1c(F)c(C#N)c(C#N)c(F)c1OC. The van der Waals surface area contributed by atoms with Crippen LogP contribution in [0.3, 0.4) is 0 Å². The molecule has 1 rings (SSSR count). The van der Waals surface area contributed by atoms with Crippen molar-refractivity contribution in [2.24, 2.45) is 0 Å². The van der Waals surface area contributed by atoms with Crippen LogP contribution in [0.2, 0.25) is 0 Å². The molecule has 0 bridgehead atoms. The Labute approximate surface area is 140 Å². The van der Waals surface area contributed by atoms with Crippen molar-refractivity contribution in [3.05, 3.63) is 22.8 Å². The number of nitrogens with zero attached hydrogens (tertiary/aromatic N) is 2. The smallest absolute Gasteiger partial charge is 0.185 e. The molecule has 0 radical (unpaired) electrons. The summed E-state index contributed by atoms with van der Waals surface area (Å²) >= 11 is 1.12. The van der Waals surface area contributed by atoms with E-state index in [-0.39, 0.29) is 10.6 Å². The van der Waals surface area contributed by atoms with Crippen LogP contribution in [-0.2, 0) is 0 Å². The predicted molar refractivity (Wildman–Crippen MR) is 86.4 cm³/mol. The van der Waals surface area contributed by atoms with Crippen molar-refractivity contribution in [2.75, 3.05) is 12.9 Å². The molecule has 0 atom stereocenters. The molecule has 1 aromatic carbocycles. The van der Waals surface area contributed by atoms with Gasteiger partial charge in [-0.3, -0.25) is 0 Å². The zero-order valence-corrected chi connectivity index (χ0v) is 14.2. The Morgan fingerprint density at radius 3 is 2.09 bits per heavy atom. The average Bonchev–Trinajstić information content (AvgIpc) is 2.56. The van der Waals surface area contributed by atoms with E-state index in [4.69, 9.17) is 15.3 Å². The van der Waals surface area contributed by atoms with Gasteiger partial charge < -0.3 is 4.74 Å². The Morgan fingerprint density at radius 1 is 0.957 bits per heavy atom. The van der Waals surface area contributed by atoms with Gasteiger partial charge in [-0.05, 0) is 12.2 Å². The highest BCUT2D eigenvalue weighted by Gasteiger charge is 2.25. The third-order valence-electron chi connectivity index (χ3n) is 3.47. The van der Waals surface area contributed by atoms with Gasteiger partial charge in [0.25, 0.3) is 0 Å². The van der Waals surface area contributed by atoms with Crippen LogP contribution in [0.15, 0.2) is 4.90 Å². The minimum Gasteiger partial charge on any atom is -0.492 e. The fourth-order valence-electron chi connectivity index (χ4n) is 2.22. The molecular weight excluding hydrogens is 318 g/mol.